The first-order chi connectivity index (χ1) is 4.74. The van der Waals surface area contributed by atoms with Crippen LogP contribution in [0.5, 0.6) is 0 Å². The van der Waals surface area contributed by atoms with Gasteiger partial charge in [-0.1, -0.05) is 0 Å². The quantitative estimate of drug-likeness (QED) is 0.280. The molecule has 0 nitrogen and oxygen atoms in total. The Kier molecular flexibility index (Phi) is 3.73. The Balaban J connectivity index is 2.93. The van der Waals surface area contributed by atoms with Crippen LogP contribution >= 0.6 is 81.0 Å². The van der Waals surface area contributed by atoms with Crippen LogP contribution in [0.1, 0.15) is 19.3 Å². The molecule has 0 spiro atoms. The van der Waals surface area contributed by atoms with E-state index in [-0.39, 0.29) is 2.97 Å². The fourth-order valence-electron chi connectivity index (χ4n) is 1.08. The summed E-state index contributed by atoms with van der Waals surface area (Å²) in [6.45, 7) is 0. The summed E-state index contributed by atoms with van der Waals surface area (Å²) in [6.07, 6.45) is 4.87. The van der Waals surface area contributed by atoms with Gasteiger partial charge in [-0.2, -0.15) is 0 Å². The van der Waals surface area contributed by atoms with Gasteiger partial charge in [0.05, 0.1) is 0 Å². The molecule has 11 heavy (non-hydrogen) atoms. The van der Waals surface area contributed by atoms with Crippen LogP contribution in [-0.2, 0) is 0 Å². The standard InChI is InChI=1S/C5H8Br5P/c6-5(7)3-1-2-4-11(5,8,9)10/h1-4H2. The van der Waals surface area contributed by atoms with Crippen molar-refractivity contribution in [1.82, 2.24) is 0 Å². The van der Waals surface area contributed by atoms with Crippen molar-refractivity contribution in [2.24, 2.45) is 0 Å². The Morgan fingerprint density at radius 1 is 1.00 bits per heavy atom. The van der Waals surface area contributed by atoms with Gasteiger partial charge in [0.2, 0.25) is 0 Å². The molecule has 0 aromatic rings. The molecule has 0 aliphatic carbocycles. The van der Waals surface area contributed by atoms with Gasteiger partial charge in [-0.05, 0) is 0 Å². The van der Waals surface area contributed by atoms with E-state index >= 15 is 0 Å². The Bertz CT molecular complexity index is 169. The number of hydrogen-bond donors (Lipinski definition) is 0. The van der Waals surface area contributed by atoms with E-state index in [1.54, 1.807) is 0 Å². The topological polar surface area (TPSA) is 0 Å². The summed E-state index contributed by atoms with van der Waals surface area (Å²) in [7, 11) is 0. The molecule has 1 saturated heterocycles. The van der Waals surface area contributed by atoms with Crippen molar-refractivity contribution in [1.29, 1.82) is 0 Å². The Labute approximate surface area is 108 Å². The fraction of sp³-hybridized carbons (Fsp3) is 1.00. The molecule has 0 N–H and O–H groups in total. The molecule has 1 rings (SSSR count). The van der Waals surface area contributed by atoms with Gasteiger partial charge in [-0.15, -0.1) is 0 Å². The zero-order valence-corrected chi connectivity index (χ0v) is 14.5. The van der Waals surface area contributed by atoms with E-state index < -0.39 is 2.71 Å². The van der Waals surface area contributed by atoms with E-state index in [4.69, 9.17) is 0 Å². The zero-order valence-electron chi connectivity index (χ0n) is 5.67. The van der Waals surface area contributed by atoms with E-state index in [1.165, 1.54) is 19.0 Å². The van der Waals surface area contributed by atoms with E-state index in [0.717, 1.165) is 6.42 Å². The summed E-state index contributed by atoms with van der Waals surface area (Å²) >= 11 is 18.8. The van der Waals surface area contributed by atoms with Crippen molar-refractivity contribution < 1.29 is 0 Å². The molecule has 0 amide bonds. The average Bonchev–Trinajstić information content (AvgIpc) is 1.76. The van der Waals surface area contributed by atoms with Gasteiger partial charge in [0, 0.05) is 0 Å². The predicted octanol–water partition coefficient (Wildman–Crippen LogP) is 6.10. The monoisotopic (exact) mass is 494 g/mol. The van der Waals surface area contributed by atoms with E-state index in [1.807, 2.05) is 0 Å². The van der Waals surface area contributed by atoms with Crippen LogP contribution in [0.25, 0.3) is 0 Å². The summed E-state index contributed by atoms with van der Waals surface area (Å²) in [5.41, 5.74) is 0. The van der Waals surface area contributed by atoms with E-state index in [9.17, 15) is 0 Å². The molecular weight excluding hydrogens is 491 g/mol. The Morgan fingerprint density at radius 3 is 1.82 bits per heavy atom. The van der Waals surface area contributed by atoms with Gasteiger partial charge in [0.1, 0.15) is 0 Å². The molecule has 1 heterocycles. The maximum absolute atomic E-state index is 3.79. The van der Waals surface area contributed by atoms with Gasteiger partial charge in [0.15, 0.2) is 0 Å². The van der Waals surface area contributed by atoms with Gasteiger partial charge in [-0.25, -0.2) is 0 Å². The van der Waals surface area contributed by atoms with Crippen LogP contribution in [0, 0.1) is 0 Å². The molecule has 0 unspecified atom stereocenters. The van der Waals surface area contributed by atoms with Crippen LogP contribution in [0.3, 0.4) is 0 Å². The van der Waals surface area contributed by atoms with Crippen molar-refractivity contribution in [2.75, 3.05) is 6.16 Å². The van der Waals surface area contributed by atoms with Crippen molar-refractivity contribution in [3.63, 3.8) is 0 Å². The molecule has 0 bridgehead atoms. The number of rotatable bonds is 0. The second-order valence-electron chi connectivity index (χ2n) is 2.81. The molecule has 0 atom stereocenters. The van der Waals surface area contributed by atoms with Gasteiger partial charge < -0.3 is 0 Å². The second kappa shape index (κ2) is 3.44. The Morgan fingerprint density at radius 2 is 1.55 bits per heavy atom. The molecule has 1 aliphatic rings. The summed E-state index contributed by atoms with van der Waals surface area (Å²) in [5, 5.41) is 0. The normalized spacial score (nSPS) is 37.0. The maximum atomic E-state index is 3.79. The number of alkyl halides is 2. The van der Waals surface area contributed by atoms with Gasteiger partial charge in [-0.3, -0.25) is 0 Å². The van der Waals surface area contributed by atoms with Crippen molar-refractivity contribution >= 4 is 81.0 Å². The van der Waals surface area contributed by atoms with Crippen LogP contribution in [0.15, 0.2) is 0 Å². The SMILES string of the molecule is BrC1(Br)CCCCP1(Br)(Br)Br. The zero-order chi connectivity index (χ0) is 8.78. The molecule has 1 aliphatic heterocycles. The molecule has 0 aromatic carbocycles. The molecule has 68 valence electrons. The average molecular weight is 499 g/mol. The summed E-state index contributed by atoms with van der Waals surface area (Å²) < 4.78 is -1.99. The molecule has 0 saturated carbocycles. The van der Waals surface area contributed by atoms with Gasteiger partial charge in [0.25, 0.3) is 0 Å². The first kappa shape index (κ1) is 11.9. The minimum atomic E-state index is -2.01. The van der Waals surface area contributed by atoms with Crippen molar-refractivity contribution in [3.05, 3.63) is 0 Å². The molecule has 0 radical (unpaired) electrons. The Hall–Kier alpha value is 2.83. The second-order valence-corrected chi connectivity index (χ2v) is 33.6. The fourth-order valence-corrected chi connectivity index (χ4v) is 8.19. The number of halogens is 5. The third kappa shape index (κ3) is 2.44. The third-order valence-electron chi connectivity index (χ3n) is 1.85. The van der Waals surface area contributed by atoms with E-state index in [0.29, 0.717) is 0 Å². The minimum absolute atomic E-state index is 0.0177. The van der Waals surface area contributed by atoms with Gasteiger partial charge >= 0.3 is 109 Å². The van der Waals surface area contributed by atoms with Crippen LogP contribution in [0.2, 0.25) is 0 Å². The summed E-state index contributed by atoms with van der Waals surface area (Å²) in [6, 6.07) is 0. The van der Waals surface area contributed by atoms with Crippen molar-refractivity contribution in [2.45, 2.75) is 22.2 Å². The predicted molar refractivity (Wildman–Crippen MR) is 73.0 cm³/mol. The van der Waals surface area contributed by atoms with E-state index in [2.05, 4.69) is 78.3 Å². The summed E-state index contributed by atoms with van der Waals surface area (Å²) in [4.78, 5) is 0. The molecule has 6 heteroatoms. The molecule has 1 fully saturated rings. The third-order valence-corrected chi connectivity index (χ3v) is 27.0. The first-order valence-electron chi connectivity index (χ1n) is 3.28. The first-order valence-corrected chi connectivity index (χ1v) is 13.3. The molecule has 0 aromatic heterocycles. The van der Waals surface area contributed by atoms with Crippen molar-refractivity contribution in [3.8, 4) is 0 Å². The van der Waals surface area contributed by atoms with Crippen LogP contribution < -0.4 is 0 Å². The van der Waals surface area contributed by atoms with Crippen LogP contribution in [-0.4, -0.2) is 9.14 Å². The number of hydrogen-bond acceptors (Lipinski definition) is 0. The summed E-state index contributed by atoms with van der Waals surface area (Å²) in [5.74, 6) is 0. The van der Waals surface area contributed by atoms with Crippen LogP contribution in [0.4, 0.5) is 0 Å². The molecular formula is C5H8Br5P.